The van der Waals surface area contributed by atoms with Gasteiger partial charge in [0.1, 0.15) is 5.75 Å². The van der Waals surface area contributed by atoms with E-state index >= 15 is 0 Å². The highest BCUT2D eigenvalue weighted by atomic mass is 32.2. The average molecular weight is 417 g/mol. The molecule has 0 aromatic heterocycles. The summed E-state index contributed by atoms with van der Waals surface area (Å²) in [6, 6.07) is 6.23. The van der Waals surface area contributed by atoms with Crippen molar-refractivity contribution in [1.29, 1.82) is 0 Å². The second-order valence-corrected chi connectivity index (χ2v) is 8.68. The van der Waals surface area contributed by atoms with Crippen molar-refractivity contribution < 1.29 is 27.5 Å². The zero-order valence-electron chi connectivity index (χ0n) is 15.4. The third-order valence-electron chi connectivity index (χ3n) is 4.04. The number of ether oxygens (including phenoxy) is 2. The van der Waals surface area contributed by atoms with Gasteiger partial charge >= 0.3 is 5.97 Å². The fourth-order valence-corrected chi connectivity index (χ4v) is 4.72. The Bertz CT molecular complexity index is 743. The van der Waals surface area contributed by atoms with Gasteiger partial charge in [0.25, 0.3) is 0 Å². The van der Waals surface area contributed by atoms with Crippen LogP contribution in [-0.4, -0.2) is 80.9 Å². The number of nitrogens with zero attached hydrogens (tertiary/aromatic N) is 2. The molecule has 27 heavy (non-hydrogen) atoms. The van der Waals surface area contributed by atoms with Crippen LogP contribution < -0.4 is 4.74 Å². The first-order valence-corrected chi connectivity index (χ1v) is 11.1. The summed E-state index contributed by atoms with van der Waals surface area (Å²) in [5.74, 6) is 0.441. The number of amides is 1. The maximum Gasteiger partial charge on any atom is 0.315 e. The van der Waals surface area contributed by atoms with E-state index in [4.69, 9.17) is 9.47 Å². The van der Waals surface area contributed by atoms with Crippen molar-refractivity contribution in [2.75, 3.05) is 51.4 Å². The number of carbonyl (C=O) groups excluding carboxylic acids is 2. The Morgan fingerprint density at radius 2 is 1.70 bits per heavy atom. The molecule has 1 saturated heterocycles. The lowest BCUT2D eigenvalue weighted by Gasteiger charge is -2.34. The zero-order chi connectivity index (χ0) is 19.9. The molecule has 8 nitrogen and oxygen atoms in total. The molecule has 150 valence electrons. The number of rotatable bonds is 8. The quantitative estimate of drug-likeness (QED) is 0.579. The van der Waals surface area contributed by atoms with Crippen molar-refractivity contribution in [3.8, 4) is 5.75 Å². The largest absolute Gasteiger partial charge is 0.497 e. The molecule has 0 bridgehead atoms. The van der Waals surface area contributed by atoms with E-state index in [9.17, 15) is 18.0 Å². The molecule has 0 radical (unpaired) electrons. The van der Waals surface area contributed by atoms with Gasteiger partial charge in [0.15, 0.2) is 0 Å². The highest BCUT2D eigenvalue weighted by molar-refractivity contribution is 8.00. The molecule has 1 aliphatic rings. The SMILES string of the molecule is CCOC(=O)CSCC(=O)N1CCN(S(=O)(=O)c2ccc(OC)cc2)CC1. The van der Waals surface area contributed by atoms with Crippen LogP contribution in [-0.2, 0) is 24.3 Å². The van der Waals surface area contributed by atoms with Crippen LogP contribution in [0.1, 0.15) is 6.92 Å². The summed E-state index contributed by atoms with van der Waals surface area (Å²) in [4.78, 5) is 25.3. The van der Waals surface area contributed by atoms with E-state index < -0.39 is 10.0 Å². The van der Waals surface area contributed by atoms with Gasteiger partial charge in [-0.15, -0.1) is 11.8 Å². The van der Waals surface area contributed by atoms with E-state index in [0.717, 1.165) is 0 Å². The van der Waals surface area contributed by atoms with Crippen LogP contribution in [0.25, 0.3) is 0 Å². The monoisotopic (exact) mass is 416 g/mol. The van der Waals surface area contributed by atoms with E-state index in [1.165, 1.54) is 35.3 Å². The maximum absolute atomic E-state index is 12.7. The van der Waals surface area contributed by atoms with Gasteiger partial charge in [-0.05, 0) is 31.2 Å². The fraction of sp³-hybridized carbons (Fsp3) is 0.529. The average Bonchev–Trinajstić information content (AvgIpc) is 2.68. The van der Waals surface area contributed by atoms with Crippen molar-refractivity contribution >= 4 is 33.7 Å². The van der Waals surface area contributed by atoms with Crippen LogP contribution in [0.15, 0.2) is 29.2 Å². The van der Waals surface area contributed by atoms with Crippen molar-refractivity contribution in [3.63, 3.8) is 0 Å². The van der Waals surface area contributed by atoms with Crippen molar-refractivity contribution in [1.82, 2.24) is 9.21 Å². The third kappa shape index (κ3) is 5.85. The van der Waals surface area contributed by atoms with Crippen LogP contribution in [0.4, 0.5) is 0 Å². The zero-order valence-corrected chi connectivity index (χ0v) is 17.1. The molecule has 1 amide bonds. The van der Waals surface area contributed by atoms with Crippen molar-refractivity contribution in [2.24, 2.45) is 0 Å². The van der Waals surface area contributed by atoms with Crippen LogP contribution in [0.2, 0.25) is 0 Å². The molecule has 0 aliphatic carbocycles. The van der Waals surface area contributed by atoms with Gasteiger partial charge in [0.05, 0.1) is 30.1 Å². The summed E-state index contributed by atoms with van der Waals surface area (Å²) in [6.45, 7) is 3.18. The number of methoxy groups -OCH3 is 1. The number of esters is 1. The van der Waals surface area contributed by atoms with Crippen LogP contribution in [0, 0.1) is 0 Å². The van der Waals surface area contributed by atoms with Gasteiger partial charge in [-0.3, -0.25) is 9.59 Å². The Morgan fingerprint density at radius 1 is 1.07 bits per heavy atom. The number of sulfonamides is 1. The molecule has 10 heteroatoms. The Labute approximate surface area is 163 Å². The van der Waals surface area contributed by atoms with Gasteiger partial charge in [-0.1, -0.05) is 0 Å². The Hall–Kier alpha value is -1.78. The van der Waals surface area contributed by atoms with Gasteiger partial charge < -0.3 is 14.4 Å². The molecule has 1 aliphatic heterocycles. The van der Waals surface area contributed by atoms with Gasteiger partial charge in [0, 0.05) is 26.2 Å². The lowest BCUT2D eigenvalue weighted by atomic mass is 10.3. The first kappa shape index (κ1) is 21.5. The molecule has 0 unspecified atom stereocenters. The number of carbonyl (C=O) groups is 2. The molecule has 0 spiro atoms. The smallest absolute Gasteiger partial charge is 0.315 e. The topological polar surface area (TPSA) is 93.2 Å². The Kier molecular flexibility index (Phi) is 7.93. The minimum Gasteiger partial charge on any atom is -0.497 e. The molecule has 0 saturated carbocycles. The first-order valence-electron chi connectivity index (χ1n) is 8.53. The highest BCUT2D eigenvalue weighted by Crippen LogP contribution is 2.21. The lowest BCUT2D eigenvalue weighted by molar-refractivity contribution is -0.139. The molecule has 1 heterocycles. The number of hydrogen-bond acceptors (Lipinski definition) is 7. The van der Waals surface area contributed by atoms with Crippen LogP contribution >= 0.6 is 11.8 Å². The number of benzene rings is 1. The van der Waals surface area contributed by atoms with E-state index in [0.29, 0.717) is 25.4 Å². The highest BCUT2D eigenvalue weighted by Gasteiger charge is 2.30. The molecule has 1 fully saturated rings. The van der Waals surface area contributed by atoms with Gasteiger partial charge in [0.2, 0.25) is 15.9 Å². The van der Waals surface area contributed by atoms with Crippen LogP contribution in [0.3, 0.4) is 0 Å². The summed E-state index contributed by atoms with van der Waals surface area (Å²) in [6.07, 6.45) is 0. The van der Waals surface area contributed by atoms with Gasteiger partial charge in [-0.2, -0.15) is 4.31 Å². The molecule has 2 rings (SSSR count). The van der Waals surface area contributed by atoms with E-state index in [1.807, 2.05) is 0 Å². The fourth-order valence-electron chi connectivity index (χ4n) is 2.59. The molecule has 1 aromatic carbocycles. The molecule has 0 N–H and O–H groups in total. The van der Waals surface area contributed by atoms with E-state index in [1.54, 1.807) is 24.0 Å². The molecular formula is C17H24N2O6S2. The predicted molar refractivity (Wildman–Crippen MR) is 102 cm³/mol. The molecule has 0 atom stereocenters. The third-order valence-corrected chi connectivity index (χ3v) is 6.84. The Balaban J connectivity index is 1.84. The second kappa shape index (κ2) is 9.95. The van der Waals surface area contributed by atoms with Crippen LogP contribution in [0.5, 0.6) is 5.75 Å². The molecule has 1 aromatic rings. The number of hydrogen-bond donors (Lipinski definition) is 0. The first-order chi connectivity index (χ1) is 12.9. The normalized spacial score (nSPS) is 15.4. The maximum atomic E-state index is 12.7. The lowest BCUT2D eigenvalue weighted by Crippen LogP contribution is -2.51. The summed E-state index contributed by atoms with van der Waals surface area (Å²) in [5.41, 5.74) is 0. The Morgan fingerprint density at radius 3 is 2.26 bits per heavy atom. The van der Waals surface area contributed by atoms with Crippen molar-refractivity contribution in [2.45, 2.75) is 11.8 Å². The minimum absolute atomic E-state index is 0.106. The summed E-state index contributed by atoms with van der Waals surface area (Å²) in [7, 11) is -2.08. The minimum atomic E-state index is -3.60. The van der Waals surface area contributed by atoms with Gasteiger partial charge in [-0.25, -0.2) is 8.42 Å². The van der Waals surface area contributed by atoms with Crippen molar-refractivity contribution in [3.05, 3.63) is 24.3 Å². The van der Waals surface area contributed by atoms with E-state index in [2.05, 4.69) is 0 Å². The number of piperazine rings is 1. The predicted octanol–water partition coefficient (Wildman–Crippen LogP) is 0.824. The molecular weight excluding hydrogens is 392 g/mol. The summed E-state index contributed by atoms with van der Waals surface area (Å²) < 4.78 is 36.6. The summed E-state index contributed by atoms with van der Waals surface area (Å²) in [5, 5.41) is 0. The second-order valence-electron chi connectivity index (χ2n) is 5.76. The van der Waals surface area contributed by atoms with E-state index in [-0.39, 0.29) is 41.4 Å². The summed E-state index contributed by atoms with van der Waals surface area (Å²) >= 11 is 1.20. The number of thioether (sulfide) groups is 1. The standard InChI is InChI=1S/C17H24N2O6S2/c1-3-25-17(21)13-26-12-16(20)18-8-10-19(11-9-18)27(22,23)15-6-4-14(24-2)5-7-15/h4-7H,3,8-13H2,1-2H3.